The van der Waals surface area contributed by atoms with Crippen LogP contribution in [0.1, 0.15) is 33.4 Å². The summed E-state index contributed by atoms with van der Waals surface area (Å²) in [7, 11) is 0. The van der Waals surface area contributed by atoms with Crippen molar-refractivity contribution in [2.75, 3.05) is 0 Å². The van der Waals surface area contributed by atoms with E-state index in [1.54, 1.807) is 22.7 Å². The number of halogens is 1. The van der Waals surface area contributed by atoms with Crippen LogP contribution in [0.25, 0.3) is 0 Å². The molecule has 16 heavy (non-hydrogen) atoms. The number of hydrogen-bond acceptors (Lipinski definition) is 4. The predicted molar refractivity (Wildman–Crippen MR) is 74.3 cm³/mol. The highest BCUT2D eigenvalue weighted by Crippen LogP contribution is 2.32. The summed E-state index contributed by atoms with van der Waals surface area (Å²) in [5.74, 6) is 0. The topological polar surface area (TPSA) is 38.9 Å². The number of thiophene rings is 1. The summed E-state index contributed by atoms with van der Waals surface area (Å²) < 4.78 is 1.11. The van der Waals surface area contributed by atoms with Gasteiger partial charge in [-0.05, 0) is 41.4 Å². The molecular formula is C11H13BrN2S2. The van der Waals surface area contributed by atoms with E-state index in [-0.39, 0.29) is 6.04 Å². The number of nitrogens with zero attached hydrogens (tertiary/aromatic N) is 1. The average molecular weight is 317 g/mol. The van der Waals surface area contributed by atoms with Gasteiger partial charge in [-0.25, -0.2) is 4.98 Å². The van der Waals surface area contributed by atoms with Gasteiger partial charge >= 0.3 is 0 Å². The molecule has 2 aromatic rings. The van der Waals surface area contributed by atoms with Gasteiger partial charge in [0.05, 0.1) is 15.5 Å². The minimum Gasteiger partial charge on any atom is -0.318 e. The van der Waals surface area contributed by atoms with Crippen molar-refractivity contribution in [2.24, 2.45) is 5.73 Å². The molecule has 2 heterocycles. The van der Waals surface area contributed by atoms with E-state index in [1.165, 1.54) is 10.6 Å². The Bertz CT molecular complexity index is 490. The van der Waals surface area contributed by atoms with Crippen LogP contribution in [0.5, 0.6) is 0 Å². The van der Waals surface area contributed by atoms with Crippen molar-refractivity contribution in [2.45, 2.75) is 26.3 Å². The van der Waals surface area contributed by atoms with Crippen molar-refractivity contribution < 1.29 is 0 Å². The summed E-state index contributed by atoms with van der Waals surface area (Å²) in [6.07, 6.45) is 0.975. The zero-order valence-corrected chi connectivity index (χ0v) is 12.4. The average Bonchev–Trinajstić information content (AvgIpc) is 2.83. The molecule has 0 aliphatic heterocycles. The molecule has 2 rings (SSSR count). The van der Waals surface area contributed by atoms with Gasteiger partial charge in [0.2, 0.25) is 0 Å². The van der Waals surface area contributed by atoms with Gasteiger partial charge in [-0.1, -0.05) is 6.92 Å². The molecule has 2 aromatic heterocycles. The van der Waals surface area contributed by atoms with Crippen LogP contribution >= 0.6 is 38.6 Å². The largest absolute Gasteiger partial charge is 0.318 e. The molecule has 1 atom stereocenters. The van der Waals surface area contributed by atoms with Gasteiger partial charge in [0.1, 0.15) is 5.01 Å². The maximum absolute atomic E-state index is 6.20. The number of nitrogens with two attached hydrogens (primary N) is 1. The fourth-order valence-corrected chi connectivity index (χ4v) is 4.06. The Kier molecular flexibility index (Phi) is 3.79. The first-order chi connectivity index (χ1) is 7.61. The first-order valence-corrected chi connectivity index (χ1v) is 7.51. The Morgan fingerprint density at radius 2 is 2.19 bits per heavy atom. The third kappa shape index (κ3) is 2.37. The summed E-state index contributed by atoms with van der Waals surface area (Å²) in [5, 5.41) is 1.02. The van der Waals surface area contributed by atoms with Crippen LogP contribution in [-0.4, -0.2) is 4.98 Å². The van der Waals surface area contributed by atoms with E-state index in [9.17, 15) is 0 Å². The Morgan fingerprint density at radius 3 is 2.69 bits per heavy atom. The van der Waals surface area contributed by atoms with E-state index < -0.39 is 0 Å². The second kappa shape index (κ2) is 4.96. The molecule has 5 heteroatoms. The summed E-state index contributed by atoms with van der Waals surface area (Å²) in [5.41, 5.74) is 7.38. The van der Waals surface area contributed by atoms with Gasteiger partial charge in [-0.2, -0.15) is 0 Å². The van der Waals surface area contributed by atoms with Crippen LogP contribution in [0.3, 0.4) is 0 Å². The maximum atomic E-state index is 6.20. The first kappa shape index (κ1) is 12.2. The predicted octanol–water partition coefficient (Wildman–Crippen LogP) is 3.89. The molecule has 2 nitrogen and oxygen atoms in total. The van der Waals surface area contributed by atoms with Gasteiger partial charge in [0.15, 0.2) is 0 Å². The molecule has 0 radical (unpaired) electrons. The fraction of sp³-hybridized carbons (Fsp3) is 0.364. The van der Waals surface area contributed by atoms with E-state index in [0.29, 0.717) is 0 Å². The smallest absolute Gasteiger partial charge is 0.115 e. The van der Waals surface area contributed by atoms with Crippen LogP contribution in [0, 0.1) is 6.92 Å². The standard InChI is InChI=1S/C11H13BrN2S2/c1-3-7-6(2)15-11(14-7)10(13)8-4-5-9(12)16-8/h4-5,10H,3,13H2,1-2H3. The highest BCUT2D eigenvalue weighted by molar-refractivity contribution is 9.11. The molecule has 0 saturated carbocycles. The van der Waals surface area contributed by atoms with Crippen molar-refractivity contribution in [3.8, 4) is 0 Å². The number of rotatable bonds is 3. The van der Waals surface area contributed by atoms with Crippen molar-refractivity contribution in [1.82, 2.24) is 4.98 Å². The van der Waals surface area contributed by atoms with Crippen LogP contribution in [-0.2, 0) is 6.42 Å². The van der Waals surface area contributed by atoms with E-state index in [2.05, 4.69) is 40.8 Å². The summed E-state index contributed by atoms with van der Waals surface area (Å²) in [4.78, 5) is 7.04. The summed E-state index contributed by atoms with van der Waals surface area (Å²) in [6, 6.07) is 4.00. The monoisotopic (exact) mass is 316 g/mol. The van der Waals surface area contributed by atoms with E-state index >= 15 is 0 Å². The quantitative estimate of drug-likeness (QED) is 0.933. The molecule has 1 unspecified atom stereocenters. The Labute approximate surface area is 112 Å². The normalized spacial score (nSPS) is 13.0. The Hall–Kier alpha value is -0.230. The second-order valence-corrected chi connectivity index (χ2v) is 7.26. The van der Waals surface area contributed by atoms with Crippen molar-refractivity contribution in [1.29, 1.82) is 0 Å². The number of hydrogen-bond donors (Lipinski definition) is 1. The fourth-order valence-electron chi connectivity index (χ4n) is 1.53. The third-order valence-electron chi connectivity index (χ3n) is 2.41. The number of thiazole rings is 1. The molecule has 2 N–H and O–H groups in total. The zero-order chi connectivity index (χ0) is 11.7. The molecule has 0 spiro atoms. The maximum Gasteiger partial charge on any atom is 0.115 e. The highest BCUT2D eigenvalue weighted by Gasteiger charge is 2.16. The minimum absolute atomic E-state index is 0.0831. The molecule has 0 aliphatic carbocycles. The molecular weight excluding hydrogens is 304 g/mol. The van der Waals surface area contributed by atoms with Crippen LogP contribution < -0.4 is 5.73 Å². The van der Waals surface area contributed by atoms with E-state index in [0.717, 1.165) is 20.1 Å². The number of aryl methyl sites for hydroxylation is 2. The molecule has 86 valence electrons. The van der Waals surface area contributed by atoms with Gasteiger partial charge < -0.3 is 5.73 Å². The minimum atomic E-state index is -0.0831. The molecule has 0 fully saturated rings. The van der Waals surface area contributed by atoms with E-state index in [1.807, 2.05) is 6.07 Å². The molecule has 0 bridgehead atoms. The third-order valence-corrected chi connectivity index (χ3v) is 5.21. The lowest BCUT2D eigenvalue weighted by atomic mass is 10.2. The van der Waals surface area contributed by atoms with Gasteiger partial charge in [0, 0.05) is 9.75 Å². The Balaban J connectivity index is 2.30. The lowest BCUT2D eigenvalue weighted by molar-refractivity contribution is 0.862. The van der Waals surface area contributed by atoms with Gasteiger partial charge in [0.25, 0.3) is 0 Å². The van der Waals surface area contributed by atoms with Crippen molar-refractivity contribution in [3.05, 3.63) is 36.4 Å². The van der Waals surface area contributed by atoms with E-state index in [4.69, 9.17) is 5.73 Å². The van der Waals surface area contributed by atoms with Crippen LogP contribution in [0.15, 0.2) is 15.9 Å². The zero-order valence-electron chi connectivity index (χ0n) is 9.16. The lowest BCUT2D eigenvalue weighted by Gasteiger charge is -2.04. The van der Waals surface area contributed by atoms with Gasteiger partial charge in [-0.3, -0.25) is 0 Å². The molecule has 0 saturated heterocycles. The summed E-state index contributed by atoms with van der Waals surface area (Å²) in [6.45, 7) is 4.23. The molecule has 0 aromatic carbocycles. The molecule has 0 amide bonds. The number of aromatic nitrogens is 1. The highest BCUT2D eigenvalue weighted by atomic mass is 79.9. The van der Waals surface area contributed by atoms with Gasteiger partial charge in [-0.15, -0.1) is 22.7 Å². The lowest BCUT2D eigenvalue weighted by Crippen LogP contribution is -2.09. The van der Waals surface area contributed by atoms with Crippen LogP contribution in [0.2, 0.25) is 0 Å². The van der Waals surface area contributed by atoms with Crippen molar-refractivity contribution in [3.63, 3.8) is 0 Å². The summed E-state index contributed by atoms with van der Waals surface area (Å²) >= 11 is 6.83. The second-order valence-electron chi connectivity index (χ2n) is 3.53. The Morgan fingerprint density at radius 1 is 1.44 bits per heavy atom. The van der Waals surface area contributed by atoms with Crippen molar-refractivity contribution >= 4 is 38.6 Å². The first-order valence-electron chi connectivity index (χ1n) is 5.08. The SMILES string of the molecule is CCc1nc(C(N)c2ccc(Br)s2)sc1C. The van der Waals surface area contributed by atoms with Crippen LogP contribution in [0.4, 0.5) is 0 Å². The molecule has 0 aliphatic rings.